The molecule has 4 aromatic rings. The summed E-state index contributed by atoms with van der Waals surface area (Å²) in [5.41, 5.74) is 2.98. The summed E-state index contributed by atoms with van der Waals surface area (Å²) in [5.74, 6) is 0.148. The van der Waals surface area contributed by atoms with Crippen LogP contribution in [0.1, 0.15) is 42.4 Å². The first-order valence-electron chi connectivity index (χ1n) is 16.5. The van der Waals surface area contributed by atoms with Crippen molar-refractivity contribution in [1.82, 2.24) is 10.2 Å². The number of anilines is 1. The Kier molecular flexibility index (Phi) is 10.3. The van der Waals surface area contributed by atoms with Crippen molar-refractivity contribution in [3.63, 3.8) is 0 Å². The molecule has 2 aliphatic rings. The highest BCUT2D eigenvalue weighted by molar-refractivity contribution is 7.92. The van der Waals surface area contributed by atoms with Gasteiger partial charge >= 0.3 is 0 Å². The van der Waals surface area contributed by atoms with Gasteiger partial charge in [-0.05, 0) is 60.7 Å². The molecule has 1 aliphatic carbocycles. The molecule has 1 aliphatic heterocycles. The lowest BCUT2D eigenvalue weighted by atomic mass is 10.0. The van der Waals surface area contributed by atoms with E-state index in [1.807, 2.05) is 61.5 Å². The third-order valence-electron chi connectivity index (χ3n) is 9.00. The van der Waals surface area contributed by atoms with Gasteiger partial charge in [0, 0.05) is 25.1 Å². The molecule has 1 atom stereocenters. The summed E-state index contributed by atoms with van der Waals surface area (Å²) in [6.07, 6.45) is 4.14. The predicted molar refractivity (Wildman–Crippen MR) is 184 cm³/mol. The molecule has 0 saturated heterocycles. The maximum Gasteiger partial charge on any atom is 0.264 e. The summed E-state index contributed by atoms with van der Waals surface area (Å²) >= 11 is 0. The van der Waals surface area contributed by atoms with Crippen LogP contribution in [0.15, 0.2) is 108 Å². The van der Waals surface area contributed by atoms with Gasteiger partial charge in [0.2, 0.25) is 11.8 Å². The second kappa shape index (κ2) is 14.9. The molecule has 1 unspecified atom stereocenters. The fourth-order valence-corrected chi connectivity index (χ4v) is 7.76. The second-order valence-corrected chi connectivity index (χ2v) is 14.2. The average Bonchev–Trinajstić information content (AvgIpc) is 3.63. The zero-order chi connectivity index (χ0) is 33.5. The Morgan fingerprint density at radius 3 is 2.19 bits per heavy atom. The second-order valence-electron chi connectivity index (χ2n) is 12.3. The average molecular weight is 668 g/mol. The first-order chi connectivity index (χ1) is 23.3. The van der Waals surface area contributed by atoms with Crippen molar-refractivity contribution in [3.05, 3.63) is 120 Å². The summed E-state index contributed by atoms with van der Waals surface area (Å²) in [7, 11) is -4.22. The Morgan fingerprint density at radius 2 is 1.48 bits per heavy atom. The Morgan fingerprint density at radius 1 is 0.833 bits per heavy atom. The molecule has 0 spiro atoms. The number of carbonyl (C=O) groups is 2. The summed E-state index contributed by atoms with van der Waals surface area (Å²) in [5, 5.41) is 3.22. The number of fused-ring (bicyclic) bond motifs is 1. The van der Waals surface area contributed by atoms with E-state index in [0.29, 0.717) is 24.7 Å². The van der Waals surface area contributed by atoms with Gasteiger partial charge in [0.05, 0.1) is 10.6 Å². The summed E-state index contributed by atoms with van der Waals surface area (Å²) in [4.78, 5) is 30.5. The van der Waals surface area contributed by atoms with Crippen molar-refractivity contribution in [2.45, 2.75) is 62.6 Å². The number of ether oxygens (including phenoxy) is 2. The van der Waals surface area contributed by atoms with Gasteiger partial charge in [-0.3, -0.25) is 13.9 Å². The van der Waals surface area contributed by atoms with Crippen LogP contribution in [0.5, 0.6) is 11.5 Å². The molecule has 0 radical (unpaired) electrons. The number of hydrogen-bond donors (Lipinski definition) is 1. The monoisotopic (exact) mass is 667 g/mol. The Labute approximate surface area is 282 Å². The van der Waals surface area contributed by atoms with E-state index in [9.17, 15) is 18.0 Å². The van der Waals surface area contributed by atoms with Crippen molar-refractivity contribution in [2.75, 3.05) is 24.1 Å². The lowest BCUT2D eigenvalue weighted by molar-refractivity contribution is -0.140. The van der Waals surface area contributed by atoms with Crippen LogP contribution in [0.4, 0.5) is 5.69 Å². The van der Waals surface area contributed by atoms with Gasteiger partial charge in [0.1, 0.15) is 25.8 Å². The van der Waals surface area contributed by atoms with Gasteiger partial charge in [-0.2, -0.15) is 0 Å². The molecule has 1 saturated carbocycles. The Hall–Kier alpha value is -4.83. The molecule has 2 amide bonds. The molecule has 48 heavy (non-hydrogen) atoms. The van der Waals surface area contributed by atoms with Gasteiger partial charge in [0.15, 0.2) is 11.5 Å². The van der Waals surface area contributed by atoms with E-state index < -0.39 is 28.5 Å². The molecule has 1 fully saturated rings. The van der Waals surface area contributed by atoms with Crippen molar-refractivity contribution in [3.8, 4) is 11.5 Å². The lowest BCUT2D eigenvalue weighted by Crippen LogP contribution is -2.54. The molecule has 250 valence electrons. The number of nitrogens with zero attached hydrogens (tertiary/aromatic N) is 2. The number of benzene rings is 4. The fourth-order valence-electron chi connectivity index (χ4n) is 6.33. The first-order valence-corrected chi connectivity index (χ1v) is 17.9. The van der Waals surface area contributed by atoms with Crippen LogP contribution in [0.25, 0.3) is 0 Å². The zero-order valence-corrected chi connectivity index (χ0v) is 27.9. The number of aryl methyl sites for hydroxylation is 1. The molecule has 4 aromatic carbocycles. The van der Waals surface area contributed by atoms with Gasteiger partial charge < -0.3 is 19.7 Å². The van der Waals surface area contributed by atoms with Gasteiger partial charge in [-0.15, -0.1) is 0 Å². The molecule has 0 aromatic heterocycles. The van der Waals surface area contributed by atoms with Gasteiger partial charge in [-0.25, -0.2) is 8.42 Å². The maximum absolute atomic E-state index is 14.8. The number of hydrogen-bond acceptors (Lipinski definition) is 6. The van der Waals surface area contributed by atoms with Crippen molar-refractivity contribution in [2.24, 2.45) is 0 Å². The third-order valence-corrected chi connectivity index (χ3v) is 10.8. The number of sulfonamides is 1. The zero-order valence-electron chi connectivity index (χ0n) is 27.1. The summed E-state index contributed by atoms with van der Waals surface area (Å²) in [6, 6.07) is 29.4. The standard InChI is InChI=1S/C38H41N3O6S/c1-28-12-8-9-15-30(28)26-40(34(24-29-13-4-2-5-14-29)38(43)39-31-16-10-11-17-31)37(42)27-41(48(44,45)33-18-6-3-7-19-33)32-20-21-35-36(25-32)47-23-22-46-35/h2-9,12-15,18-21,25,31,34H,10-11,16-17,22-24,26-27H2,1H3,(H,39,43). The van der Waals surface area contributed by atoms with Crippen molar-refractivity contribution < 1.29 is 27.5 Å². The van der Waals surface area contributed by atoms with Gasteiger partial charge in [0.25, 0.3) is 10.0 Å². The van der Waals surface area contributed by atoms with Crippen LogP contribution in [0.3, 0.4) is 0 Å². The largest absolute Gasteiger partial charge is 0.486 e. The SMILES string of the molecule is Cc1ccccc1CN(C(=O)CN(c1ccc2c(c1)OCCO2)S(=O)(=O)c1ccccc1)C(Cc1ccccc1)C(=O)NC1CCCC1. The van der Waals surface area contributed by atoms with Crippen LogP contribution >= 0.6 is 0 Å². The fraction of sp³-hybridized carbons (Fsp3) is 0.316. The molecule has 6 rings (SSSR count). The molecule has 0 bridgehead atoms. The molecule has 1 heterocycles. The minimum Gasteiger partial charge on any atom is -0.486 e. The highest BCUT2D eigenvalue weighted by Gasteiger charge is 2.36. The Bertz CT molecular complexity index is 1830. The third kappa shape index (κ3) is 7.65. The molecule has 9 nitrogen and oxygen atoms in total. The van der Waals surface area contributed by atoms with Crippen LogP contribution in [-0.4, -0.2) is 57.0 Å². The highest BCUT2D eigenvalue weighted by Crippen LogP contribution is 2.36. The quantitative estimate of drug-likeness (QED) is 0.209. The predicted octanol–water partition coefficient (Wildman–Crippen LogP) is 5.66. The number of nitrogens with one attached hydrogen (secondary N) is 1. The smallest absolute Gasteiger partial charge is 0.264 e. The van der Waals surface area contributed by atoms with Crippen molar-refractivity contribution in [1.29, 1.82) is 0 Å². The Balaban J connectivity index is 1.41. The van der Waals surface area contributed by atoms with Crippen LogP contribution in [0, 0.1) is 6.92 Å². The van der Waals surface area contributed by atoms with Crippen LogP contribution in [-0.2, 0) is 32.6 Å². The maximum atomic E-state index is 14.8. The van der Waals surface area contributed by atoms with E-state index in [0.717, 1.165) is 46.7 Å². The van der Waals surface area contributed by atoms with Gasteiger partial charge in [-0.1, -0.05) is 85.6 Å². The normalized spacial score (nSPS) is 15.0. The topological polar surface area (TPSA) is 105 Å². The first kappa shape index (κ1) is 33.1. The molecule has 10 heteroatoms. The highest BCUT2D eigenvalue weighted by atomic mass is 32.2. The molecular weight excluding hydrogens is 627 g/mol. The van der Waals surface area contributed by atoms with E-state index in [1.54, 1.807) is 41.3 Å². The van der Waals surface area contributed by atoms with E-state index >= 15 is 0 Å². The van der Waals surface area contributed by atoms with E-state index in [4.69, 9.17) is 9.47 Å². The molecular formula is C38H41N3O6S. The van der Waals surface area contributed by atoms with E-state index in [1.165, 1.54) is 12.1 Å². The number of amides is 2. The molecule has 1 N–H and O–H groups in total. The van der Waals surface area contributed by atoms with E-state index in [-0.39, 0.29) is 35.5 Å². The van der Waals surface area contributed by atoms with Crippen molar-refractivity contribution >= 4 is 27.5 Å². The van der Waals surface area contributed by atoms with Crippen LogP contribution in [0.2, 0.25) is 0 Å². The minimum atomic E-state index is -4.22. The number of rotatable bonds is 12. The van der Waals surface area contributed by atoms with E-state index in [2.05, 4.69) is 5.32 Å². The summed E-state index contributed by atoms with van der Waals surface area (Å²) < 4.78 is 41.2. The lowest BCUT2D eigenvalue weighted by Gasteiger charge is -2.35. The van der Waals surface area contributed by atoms with Crippen LogP contribution < -0.4 is 19.1 Å². The summed E-state index contributed by atoms with van der Waals surface area (Å²) in [6.45, 7) is 2.26. The minimum absolute atomic E-state index is 0.0398. The number of carbonyl (C=O) groups excluding carboxylic acids is 2.